The van der Waals surface area contributed by atoms with Crippen molar-refractivity contribution in [2.45, 2.75) is 32.7 Å². The zero-order chi connectivity index (χ0) is 12.3. The molecule has 0 bridgehead atoms. The zero-order valence-corrected chi connectivity index (χ0v) is 10.3. The molecule has 0 amide bonds. The van der Waals surface area contributed by atoms with E-state index in [9.17, 15) is 4.79 Å². The number of hydrogen-bond acceptors (Lipinski definition) is 4. The molecule has 0 spiro atoms. The van der Waals surface area contributed by atoms with Gasteiger partial charge in [-0.3, -0.25) is 4.79 Å². The van der Waals surface area contributed by atoms with Crippen LogP contribution in [-0.4, -0.2) is 29.6 Å². The minimum absolute atomic E-state index is 0.0496. The molecule has 1 atom stereocenters. The Kier molecular flexibility index (Phi) is 4.06. The maximum atomic E-state index is 11.5. The van der Waals surface area contributed by atoms with Gasteiger partial charge in [-0.1, -0.05) is 13.8 Å². The number of nitrogens with zero attached hydrogens (tertiary/aromatic N) is 2. The predicted octanol–water partition coefficient (Wildman–Crippen LogP) is 0.677. The molecular formula is C11H20N4O. The Bertz CT molecular complexity index is 397. The molecule has 0 aliphatic heterocycles. The van der Waals surface area contributed by atoms with Crippen LogP contribution in [0, 0.1) is 0 Å². The maximum absolute atomic E-state index is 11.5. The van der Waals surface area contributed by atoms with Gasteiger partial charge < -0.3 is 15.6 Å². The highest BCUT2D eigenvalue weighted by atomic mass is 16.1. The lowest BCUT2D eigenvalue weighted by atomic mass is 10.2. The van der Waals surface area contributed by atoms with Crippen molar-refractivity contribution in [3.05, 3.63) is 22.2 Å². The van der Waals surface area contributed by atoms with Crippen LogP contribution >= 0.6 is 0 Å². The Hall–Kier alpha value is -1.36. The fraction of sp³-hybridized carbons (Fsp3) is 0.636. The molecule has 0 saturated heterocycles. The summed E-state index contributed by atoms with van der Waals surface area (Å²) in [5, 5.41) is 0. The summed E-state index contributed by atoms with van der Waals surface area (Å²) in [5.41, 5.74) is 5.59. The number of aromatic nitrogens is 2. The van der Waals surface area contributed by atoms with E-state index in [1.807, 2.05) is 32.7 Å². The molecular weight excluding hydrogens is 204 g/mol. The van der Waals surface area contributed by atoms with E-state index < -0.39 is 0 Å². The first-order valence-corrected chi connectivity index (χ1v) is 5.48. The predicted molar refractivity (Wildman–Crippen MR) is 65.9 cm³/mol. The highest BCUT2D eigenvalue weighted by Crippen LogP contribution is 2.11. The first-order valence-electron chi connectivity index (χ1n) is 5.48. The number of likely N-dealkylation sites (N-methyl/N-ethyl adjacent to an activating group) is 1. The van der Waals surface area contributed by atoms with Crippen LogP contribution in [0.25, 0.3) is 0 Å². The Morgan fingerprint density at radius 2 is 2.12 bits per heavy atom. The highest BCUT2D eigenvalue weighted by molar-refractivity contribution is 5.36. The van der Waals surface area contributed by atoms with Crippen LogP contribution in [-0.2, 0) is 0 Å². The van der Waals surface area contributed by atoms with Crippen molar-refractivity contribution < 1.29 is 0 Å². The minimum Gasteiger partial charge on any atom is -0.358 e. The number of hydrogen-bond donors (Lipinski definition) is 2. The number of rotatable bonds is 4. The molecule has 1 aromatic heterocycles. The number of nitrogens with two attached hydrogens (primary N) is 1. The van der Waals surface area contributed by atoms with Crippen LogP contribution in [0.4, 0.5) is 5.82 Å². The number of anilines is 1. The van der Waals surface area contributed by atoms with E-state index in [0.29, 0.717) is 18.2 Å². The standard InChI is InChI=1S/C11H20N4O/c1-7(2)11-13-9(5-10(16)14-11)15(4)6-8(3)12/h5,7-8H,6,12H2,1-4H3,(H,13,14,16). The lowest BCUT2D eigenvalue weighted by Gasteiger charge is -2.20. The van der Waals surface area contributed by atoms with Gasteiger partial charge in [0.1, 0.15) is 11.6 Å². The molecule has 0 aliphatic rings. The summed E-state index contributed by atoms with van der Waals surface area (Å²) in [7, 11) is 1.88. The maximum Gasteiger partial charge on any atom is 0.252 e. The quantitative estimate of drug-likeness (QED) is 0.788. The molecule has 1 rings (SSSR count). The van der Waals surface area contributed by atoms with Gasteiger partial charge in [0.05, 0.1) is 0 Å². The summed E-state index contributed by atoms with van der Waals surface area (Å²) < 4.78 is 0. The lowest BCUT2D eigenvalue weighted by Crippen LogP contribution is -2.34. The summed E-state index contributed by atoms with van der Waals surface area (Å²) >= 11 is 0. The number of nitrogens with one attached hydrogen (secondary N) is 1. The van der Waals surface area contributed by atoms with Crippen molar-refractivity contribution in [2.75, 3.05) is 18.5 Å². The van der Waals surface area contributed by atoms with Crippen molar-refractivity contribution in [3.63, 3.8) is 0 Å². The van der Waals surface area contributed by atoms with E-state index in [2.05, 4.69) is 9.97 Å². The van der Waals surface area contributed by atoms with Gasteiger partial charge in [0.25, 0.3) is 5.56 Å². The van der Waals surface area contributed by atoms with Gasteiger partial charge in [0.15, 0.2) is 0 Å². The second-order valence-electron chi connectivity index (χ2n) is 4.50. The van der Waals surface area contributed by atoms with Gasteiger partial charge in [-0.05, 0) is 6.92 Å². The largest absolute Gasteiger partial charge is 0.358 e. The van der Waals surface area contributed by atoms with E-state index in [1.165, 1.54) is 6.07 Å². The van der Waals surface area contributed by atoms with Crippen molar-refractivity contribution in [1.29, 1.82) is 0 Å². The third-order valence-electron chi connectivity index (χ3n) is 2.25. The molecule has 1 heterocycles. The average molecular weight is 224 g/mol. The molecule has 5 heteroatoms. The van der Waals surface area contributed by atoms with Gasteiger partial charge in [0, 0.05) is 31.6 Å². The summed E-state index contributed by atoms with van der Waals surface area (Å²) in [6.45, 7) is 6.59. The fourth-order valence-corrected chi connectivity index (χ4v) is 1.46. The van der Waals surface area contributed by atoms with E-state index in [1.54, 1.807) is 0 Å². The Balaban J connectivity index is 3.00. The van der Waals surface area contributed by atoms with Crippen molar-refractivity contribution in [2.24, 2.45) is 5.73 Å². The molecule has 0 aliphatic carbocycles. The summed E-state index contributed by atoms with van der Waals surface area (Å²) in [6.07, 6.45) is 0. The first kappa shape index (κ1) is 12.7. The monoisotopic (exact) mass is 224 g/mol. The van der Waals surface area contributed by atoms with E-state index in [4.69, 9.17) is 5.73 Å². The molecule has 0 fully saturated rings. The van der Waals surface area contributed by atoms with Gasteiger partial charge >= 0.3 is 0 Å². The Morgan fingerprint density at radius 1 is 1.50 bits per heavy atom. The highest BCUT2D eigenvalue weighted by Gasteiger charge is 2.09. The van der Waals surface area contributed by atoms with Crippen LogP contribution in [0.3, 0.4) is 0 Å². The normalized spacial score (nSPS) is 12.9. The summed E-state index contributed by atoms with van der Waals surface area (Å²) in [5.74, 6) is 1.58. The van der Waals surface area contributed by atoms with Gasteiger partial charge in [-0.15, -0.1) is 0 Å². The average Bonchev–Trinajstić information content (AvgIpc) is 2.15. The van der Waals surface area contributed by atoms with Crippen LogP contribution in [0.15, 0.2) is 10.9 Å². The molecule has 0 aromatic carbocycles. The third kappa shape index (κ3) is 3.34. The van der Waals surface area contributed by atoms with Crippen LogP contribution in [0.1, 0.15) is 32.5 Å². The van der Waals surface area contributed by atoms with Crippen molar-refractivity contribution >= 4 is 5.82 Å². The van der Waals surface area contributed by atoms with Crippen LogP contribution < -0.4 is 16.2 Å². The summed E-state index contributed by atoms with van der Waals surface area (Å²) in [4.78, 5) is 20.5. The second kappa shape index (κ2) is 5.12. The lowest BCUT2D eigenvalue weighted by molar-refractivity contribution is 0.700. The minimum atomic E-state index is -0.120. The third-order valence-corrected chi connectivity index (χ3v) is 2.25. The molecule has 0 radical (unpaired) electrons. The molecule has 0 saturated carbocycles. The van der Waals surface area contributed by atoms with E-state index in [0.717, 1.165) is 0 Å². The number of H-pyrrole nitrogens is 1. The van der Waals surface area contributed by atoms with Crippen LogP contribution in [0.2, 0.25) is 0 Å². The Labute approximate surface area is 95.7 Å². The van der Waals surface area contributed by atoms with E-state index >= 15 is 0 Å². The summed E-state index contributed by atoms with van der Waals surface area (Å²) in [6, 6.07) is 1.54. The van der Waals surface area contributed by atoms with Crippen molar-refractivity contribution in [3.8, 4) is 0 Å². The molecule has 3 N–H and O–H groups in total. The fourth-order valence-electron chi connectivity index (χ4n) is 1.46. The van der Waals surface area contributed by atoms with Gasteiger partial charge in [-0.25, -0.2) is 4.98 Å². The van der Waals surface area contributed by atoms with Crippen LogP contribution in [0.5, 0.6) is 0 Å². The molecule has 5 nitrogen and oxygen atoms in total. The zero-order valence-electron chi connectivity index (χ0n) is 10.3. The molecule has 90 valence electrons. The van der Waals surface area contributed by atoms with Crippen molar-refractivity contribution in [1.82, 2.24) is 9.97 Å². The Morgan fingerprint density at radius 3 is 2.62 bits per heavy atom. The van der Waals surface area contributed by atoms with E-state index in [-0.39, 0.29) is 17.5 Å². The van der Waals surface area contributed by atoms with Gasteiger partial charge in [0.2, 0.25) is 0 Å². The topological polar surface area (TPSA) is 75.0 Å². The SMILES string of the molecule is CC(N)CN(C)c1cc(=O)[nH]c(C(C)C)n1. The first-order chi connectivity index (χ1) is 7.40. The second-order valence-corrected chi connectivity index (χ2v) is 4.50. The molecule has 16 heavy (non-hydrogen) atoms. The van der Waals surface area contributed by atoms with Gasteiger partial charge in [-0.2, -0.15) is 0 Å². The smallest absolute Gasteiger partial charge is 0.252 e. The number of aromatic amines is 1. The molecule has 1 aromatic rings. The molecule has 1 unspecified atom stereocenters.